The van der Waals surface area contributed by atoms with Gasteiger partial charge < -0.3 is 19.7 Å². The van der Waals surface area contributed by atoms with E-state index < -0.39 is 0 Å². The number of nitrogens with one attached hydrogen (secondary N) is 1. The Morgan fingerprint density at radius 2 is 2.28 bits per heavy atom. The van der Waals surface area contributed by atoms with Crippen LogP contribution in [0.15, 0.2) is 24.4 Å². The zero-order chi connectivity index (χ0) is 19.8. The number of fused-ring (bicyclic) bond motifs is 2. The van der Waals surface area contributed by atoms with Crippen molar-refractivity contribution in [2.75, 3.05) is 26.8 Å². The number of methoxy groups -OCH3 is 1. The second-order valence-electron chi connectivity index (χ2n) is 7.98. The minimum absolute atomic E-state index is 0.0330. The van der Waals surface area contributed by atoms with Crippen molar-refractivity contribution in [3.05, 3.63) is 47.0 Å². The summed E-state index contributed by atoms with van der Waals surface area (Å²) in [5.74, 6) is 2.24. The lowest BCUT2D eigenvalue weighted by Gasteiger charge is -2.31. The molecule has 2 atom stereocenters. The number of likely N-dealkylation sites (tertiary alicyclic amines) is 1. The van der Waals surface area contributed by atoms with Crippen molar-refractivity contribution in [3.8, 4) is 11.5 Å². The van der Waals surface area contributed by atoms with Crippen LogP contribution in [-0.4, -0.2) is 47.6 Å². The number of para-hydroxylation sites is 1. The summed E-state index contributed by atoms with van der Waals surface area (Å²) in [7, 11) is 1.64. The molecule has 4 heterocycles. The smallest absolute Gasteiger partial charge is 0.230 e. The summed E-state index contributed by atoms with van der Waals surface area (Å²) in [6, 6.07) is 5.82. The minimum Gasteiger partial charge on any atom is -0.493 e. The molecular formula is C22H26N4O3. The Kier molecular flexibility index (Phi) is 4.83. The van der Waals surface area contributed by atoms with Gasteiger partial charge in [0.15, 0.2) is 17.3 Å². The summed E-state index contributed by atoms with van der Waals surface area (Å²) in [4.78, 5) is 24.8. The fourth-order valence-corrected chi connectivity index (χ4v) is 4.66. The van der Waals surface area contributed by atoms with Gasteiger partial charge in [-0.3, -0.25) is 4.79 Å². The van der Waals surface area contributed by atoms with E-state index in [9.17, 15) is 4.79 Å². The summed E-state index contributed by atoms with van der Waals surface area (Å²) < 4.78 is 11.3. The van der Waals surface area contributed by atoms with Gasteiger partial charge in [-0.15, -0.1) is 0 Å². The van der Waals surface area contributed by atoms with Crippen LogP contribution in [0.3, 0.4) is 0 Å². The van der Waals surface area contributed by atoms with Crippen molar-refractivity contribution in [2.45, 2.75) is 38.3 Å². The van der Waals surface area contributed by atoms with Gasteiger partial charge in [0.1, 0.15) is 6.61 Å². The first kappa shape index (κ1) is 18.4. The van der Waals surface area contributed by atoms with Crippen molar-refractivity contribution in [1.82, 2.24) is 20.2 Å². The first-order valence-corrected chi connectivity index (χ1v) is 10.4. The Balaban J connectivity index is 1.35. The zero-order valence-electron chi connectivity index (χ0n) is 16.7. The second kappa shape index (κ2) is 7.63. The average Bonchev–Trinajstić information content (AvgIpc) is 3.27. The molecule has 1 saturated heterocycles. The van der Waals surface area contributed by atoms with Crippen molar-refractivity contribution in [2.24, 2.45) is 5.92 Å². The predicted octanol–water partition coefficient (Wildman–Crippen LogP) is 2.05. The zero-order valence-corrected chi connectivity index (χ0v) is 16.7. The number of rotatable bonds is 3. The number of ether oxygens (including phenoxy) is 2. The molecule has 3 aliphatic heterocycles. The molecule has 1 aromatic heterocycles. The summed E-state index contributed by atoms with van der Waals surface area (Å²) in [5.41, 5.74) is 3.32. The van der Waals surface area contributed by atoms with E-state index >= 15 is 0 Å². The Morgan fingerprint density at radius 3 is 3.17 bits per heavy atom. The van der Waals surface area contributed by atoms with Gasteiger partial charge in [0.05, 0.1) is 19.1 Å². The predicted molar refractivity (Wildman–Crippen MR) is 107 cm³/mol. The number of aromatic nitrogens is 2. The molecule has 0 unspecified atom stereocenters. The van der Waals surface area contributed by atoms with E-state index in [0.717, 1.165) is 67.5 Å². The standard InChI is InChI=1S/C22H26N4O3/c1-28-19-6-2-4-14-10-15(13-29-20(14)19)22(27)26-9-3-5-18(26)21-24-12-16-11-23-8-7-17(16)25-21/h2,4,6,12,15,18,23H,3,5,7-11,13H2,1H3/t15-,18+/m1/s1. The van der Waals surface area contributed by atoms with Gasteiger partial charge in [0.2, 0.25) is 5.91 Å². The van der Waals surface area contributed by atoms with Crippen LogP contribution in [0.4, 0.5) is 0 Å². The molecule has 1 fully saturated rings. The lowest BCUT2D eigenvalue weighted by Crippen LogP contribution is -2.41. The number of hydrogen-bond acceptors (Lipinski definition) is 6. The molecule has 29 heavy (non-hydrogen) atoms. The van der Waals surface area contributed by atoms with Crippen LogP contribution in [0.2, 0.25) is 0 Å². The fourth-order valence-electron chi connectivity index (χ4n) is 4.66. The van der Waals surface area contributed by atoms with Crippen LogP contribution in [0.25, 0.3) is 0 Å². The Labute approximate surface area is 170 Å². The first-order chi connectivity index (χ1) is 14.2. The van der Waals surface area contributed by atoms with E-state index in [1.807, 2.05) is 29.3 Å². The van der Waals surface area contributed by atoms with Gasteiger partial charge in [0.25, 0.3) is 0 Å². The van der Waals surface area contributed by atoms with E-state index in [4.69, 9.17) is 14.5 Å². The quantitative estimate of drug-likeness (QED) is 0.859. The van der Waals surface area contributed by atoms with Crippen LogP contribution < -0.4 is 14.8 Å². The van der Waals surface area contributed by atoms with Gasteiger partial charge in [0, 0.05) is 43.5 Å². The molecule has 7 heteroatoms. The molecule has 5 rings (SSSR count). The van der Waals surface area contributed by atoms with Crippen molar-refractivity contribution in [1.29, 1.82) is 0 Å². The Hall–Kier alpha value is -2.67. The molecule has 0 saturated carbocycles. The number of nitrogens with zero attached hydrogens (tertiary/aromatic N) is 3. The number of benzene rings is 1. The maximum absolute atomic E-state index is 13.4. The van der Waals surface area contributed by atoms with Crippen LogP contribution >= 0.6 is 0 Å². The average molecular weight is 394 g/mol. The highest BCUT2D eigenvalue weighted by molar-refractivity contribution is 5.80. The summed E-state index contributed by atoms with van der Waals surface area (Å²) in [6.07, 6.45) is 5.42. The number of carbonyl (C=O) groups is 1. The largest absolute Gasteiger partial charge is 0.493 e. The highest BCUT2D eigenvalue weighted by Crippen LogP contribution is 2.38. The molecule has 3 aliphatic rings. The Morgan fingerprint density at radius 1 is 1.34 bits per heavy atom. The van der Waals surface area contributed by atoms with Crippen LogP contribution in [0.1, 0.15) is 41.5 Å². The monoisotopic (exact) mass is 394 g/mol. The summed E-state index contributed by atoms with van der Waals surface area (Å²) >= 11 is 0. The maximum Gasteiger partial charge on any atom is 0.230 e. The molecule has 152 valence electrons. The topological polar surface area (TPSA) is 76.6 Å². The van der Waals surface area contributed by atoms with Crippen LogP contribution in [0, 0.1) is 5.92 Å². The van der Waals surface area contributed by atoms with E-state index in [1.165, 1.54) is 5.56 Å². The van der Waals surface area contributed by atoms with E-state index in [2.05, 4.69) is 10.3 Å². The molecular weight excluding hydrogens is 368 g/mol. The molecule has 0 aliphatic carbocycles. The first-order valence-electron chi connectivity index (χ1n) is 10.4. The van der Waals surface area contributed by atoms with Crippen molar-refractivity contribution in [3.63, 3.8) is 0 Å². The number of carbonyl (C=O) groups excluding carboxylic acids is 1. The maximum atomic E-state index is 13.4. The molecule has 1 N–H and O–H groups in total. The molecule has 0 spiro atoms. The SMILES string of the molecule is COc1cccc2c1OC[C@H](C(=O)N1CCC[C@H]1c1ncc3c(n1)CCNC3)C2. The number of amides is 1. The summed E-state index contributed by atoms with van der Waals surface area (Å²) in [5, 5.41) is 3.35. The van der Waals surface area contributed by atoms with Gasteiger partial charge in [-0.2, -0.15) is 0 Å². The van der Waals surface area contributed by atoms with Crippen LogP contribution in [0.5, 0.6) is 11.5 Å². The Bertz CT molecular complexity index is 932. The third-order valence-corrected chi connectivity index (χ3v) is 6.19. The second-order valence-corrected chi connectivity index (χ2v) is 7.98. The fraction of sp³-hybridized carbons (Fsp3) is 0.500. The lowest BCUT2D eigenvalue weighted by atomic mass is 9.95. The van der Waals surface area contributed by atoms with Gasteiger partial charge in [-0.25, -0.2) is 9.97 Å². The number of hydrogen-bond donors (Lipinski definition) is 1. The molecule has 0 radical (unpaired) electrons. The summed E-state index contributed by atoms with van der Waals surface area (Å²) in [6.45, 7) is 2.91. The highest BCUT2D eigenvalue weighted by atomic mass is 16.5. The minimum atomic E-state index is -0.183. The van der Waals surface area contributed by atoms with Crippen LogP contribution in [-0.2, 0) is 24.2 Å². The van der Waals surface area contributed by atoms with Gasteiger partial charge in [-0.1, -0.05) is 12.1 Å². The molecule has 7 nitrogen and oxygen atoms in total. The third-order valence-electron chi connectivity index (χ3n) is 6.19. The third kappa shape index (κ3) is 3.33. The highest BCUT2D eigenvalue weighted by Gasteiger charge is 2.38. The van der Waals surface area contributed by atoms with Crippen molar-refractivity contribution < 1.29 is 14.3 Å². The lowest BCUT2D eigenvalue weighted by molar-refractivity contribution is -0.138. The van der Waals surface area contributed by atoms with Crippen molar-refractivity contribution >= 4 is 5.91 Å². The molecule has 1 amide bonds. The molecule has 1 aromatic carbocycles. The van der Waals surface area contributed by atoms with E-state index in [1.54, 1.807) is 7.11 Å². The van der Waals surface area contributed by atoms with Gasteiger partial charge >= 0.3 is 0 Å². The van der Waals surface area contributed by atoms with Gasteiger partial charge in [-0.05, 0) is 30.9 Å². The normalized spacial score (nSPS) is 23.1. The molecule has 2 aromatic rings. The van der Waals surface area contributed by atoms with E-state index in [-0.39, 0.29) is 17.9 Å². The molecule has 0 bridgehead atoms. The van der Waals surface area contributed by atoms with E-state index in [0.29, 0.717) is 13.0 Å².